The van der Waals surface area contributed by atoms with Gasteiger partial charge in [0.25, 0.3) is 5.91 Å². The Hall–Kier alpha value is -1.66. The number of hydrogen-bond acceptors (Lipinski definition) is 4. The molecule has 2 aromatic heterocycles. The highest BCUT2D eigenvalue weighted by Crippen LogP contribution is 2.56. The van der Waals surface area contributed by atoms with Gasteiger partial charge in [-0.15, -0.1) is 0 Å². The third-order valence-corrected chi connectivity index (χ3v) is 6.00. The molecule has 23 heavy (non-hydrogen) atoms. The van der Waals surface area contributed by atoms with Crippen LogP contribution in [0, 0.1) is 5.41 Å². The summed E-state index contributed by atoms with van der Waals surface area (Å²) in [6.45, 7) is 2.85. The maximum atomic E-state index is 13.1. The van der Waals surface area contributed by atoms with Gasteiger partial charge in [-0.1, -0.05) is 0 Å². The summed E-state index contributed by atoms with van der Waals surface area (Å²) in [5.41, 5.74) is 2.26. The zero-order valence-corrected chi connectivity index (χ0v) is 14.2. The van der Waals surface area contributed by atoms with E-state index in [9.17, 15) is 4.79 Å². The number of hydrogen-bond donors (Lipinski definition) is 1. The fourth-order valence-electron chi connectivity index (χ4n) is 3.83. The van der Waals surface area contributed by atoms with Gasteiger partial charge in [0, 0.05) is 25.8 Å². The smallest absolute Gasteiger partial charge is 0.257 e. The van der Waals surface area contributed by atoms with E-state index in [0.29, 0.717) is 23.6 Å². The van der Waals surface area contributed by atoms with Crippen LogP contribution in [-0.4, -0.2) is 39.7 Å². The molecule has 1 aliphatic carbocycles. The lowest BCUT2D eigenvalue weighted by Crippen LogP contribution is -2.39. The van der Waals surface area contributed by atoms with Crippen molar-refractivity contribution in [2.24, 2.45) is 12.5 Å². The van der Waals surface area contributed by atoms with Crippen LogP contribution < -0.4 is 5.32 Å². The molecule has 1 saturated heterocycles. The Morgan fingerprint density at radius 3 is 3.00 bits per heavy atom. The topological polar surface area (TPSA) is 50.2 Å². The average Bonchev–Trinajstić information content (AvgIpc) is 2.97. The van der Waals surface area contributed by atoms with Gasteiger partial charge in [0.05, 0.1) is 11.8 Å². The monoisotopic (exact) mass is 330 g/mol. The Kier molecular flexibility index (Phi) is 3.73. The molecule has 1 unspecified atom stereocenters. The normalized spacial score (nSPS) is 22.2. The van der Waals surface area contributed by atoms with Crippen molar-refractivity contribution in [3.63, 3.8) is 0 Å². The maximum absolute atomic E-state index is 13.1. The molecule has 0 bridgehead atoms. The fraction of sp³-hybridized carbons (Fsp3) is 0.529. The molecule has 3 heterocycles. The van der Waals surface area contributed by atoms with Gasteiger partial charge in [0.2, 0.25) is 0 Å². The molecule has 1 aliphatic heterocycles. The summed E-state index contributed by atoms with van der Waals surface area (Å²) < 4.78 is 1.70. The van der Waals surface area contributed by atoms with Crippen LogP contribution in [0.1, 0.15) is 35.2 Å². The number of amides is 1. The van der Waals surface area contributed by atoms with E-state index in [1.54, 1.807) is 22.2 Å². The first kappa shape index (κ1) is 14.9. The van der Waals surface area contributed by atoms with Crippen molar-refractivity contribution in [1.29, 1.82) is 0 Å². The van der Waals surface area contributed by atoms with E-state index >= 15 is 0 Å². The van der Waals surface area contributed by atoms with Gasteiger partial charge in [0.1, 0.15) is 0 Å². The molecule has 5 nitrogen and oxygen atoms in total. The molecule has 2 aliphatic rings. The number of aryl methyl sites for hydroxylation is 1. The predicted octanol–water partition coefficient (Wildman–Crippen LogP) is 2.27. The molecular formula is C17H22N4OS. The quantitative estimate of drug-likeness (QED) is 0.935. The number of nitrogens with one attached hydrogen (secondary N) is 1. The summed E-state index contributed by atoms with van der Waals surface area (Å²) in [7, 11) is 1.85. The number of thiophene rings is 1. The standard InChI is InChI=1S/C17H22N4OS/c1-20-11-14(9-19-20)16(22)21(10-13-2-7-23-12-13)15-8-17(15)3-5-18-6-4-17/h2,7,9,11-12,15,18H,3-6,8,10H2,1H3. The van der Waals surface area contributed by atoms with E-state index < -0.39 is 0 Å². The molecular weight excluding hydrogens is 308 g/mol. The largest absolute Gasteiger partial charge is 0.331 e. The SMILES string of the molecule is Cn1cc(C(=O)N(Cc2ccsc2)C2CC23CCNCC3)cn1. The van der Waals surface area contributed by atoms with Crippen molar-refractivity contribution in [1.82, 2.24) is 20.0 Å². The first-order chi connectivity index (χ1) is 11.2. The molecule has 1 spiro atoms. The molecule has 1 N–H and O–H groups in total. The van der Waals surface area contributed by atoms with E-state index in [0.717, 1.165) is 19.5 Å². The molecule has 122 valence electrons. The number of piperidine rings is 1. The lowest BCUT2D eigenvalue weighted by atomic mass is 9.93. The first-order valence-electron chi connectivity index (χ1n) is 8.19. The van der Waals surface area contributed by atoms with Gasteiger partial charge >= 0.3 is 0 Å². The molecule has 1 amide bonds. The minimum Gasteiger partial charge on any atom is -0.331 e. The van der Waals surface area contributed by atoms with Crippen molar-refractivity contribution in [2.45, 2.75) is 31.8 Å². The third-order valence-electron chi connectivity index (χ3n) is 5.27. The first-order valence-corrected chi connectivity index (χ1v) is 9.14. The van der Waals surface area contributed by atoms with Crippen LogP contribution in [0.15, 0.2) is 29.2 Å². The summed E-state index contributed by atoms with van der Waals surface area (Å²) in [6, 6.07) is 2.49. The molecule has 0 radical (unpaired) electrons. The van der Waals surface area contributed by atoms with Crippen molar-refractivity contribution in [3.05, 3.63) is 40.3 Å². The van der Waals surface area contributed by atoms with Gasteiger partial charge < -0.3 is 10.2 Å². The number of rotatable bonds is 4. The zero-order chi connectivity index (χ0) is 15.9. The van der Waals surface area contributed by atoms with Gasteiger partial charge in [-0.3, -0.25) is 9.48 Å². The van der Waals surface area contributed by atoms with E-state index in [-0.39, 0.29) is 5.91 Å². The Morgan fingerprint density at radius 1 is 1.52 bits per heavy atom. The number of nitrogens with zero attached hydrogens (tertiary/aromatic N) is 3. The molecule has 1 saturated carbocycles. The van der Waals surface area contributed by atoms with Crippen molar-refractivity contribution in [3.8, 4) is 0 Å². The highest BCUT2D eigenvalue weighted by atomic mass is 32.1. The average molecular weight is 330 g/mol. The third kappa shape index (κ3) is 2.81. The van der Waals surface area contributed by atoms with E-state index in [2.05, 4.69) is 32.1 Å². The van der Waals surface area contributed by atoms with Crippen LogP contribution in [0.4, 0.5) is 0 Å². The molecule has 2 aromatic rings. The summed E-state index contributed by atoms with van der Waals surface area (Å²) in [5.74, 6) is 0.115. The highest BCUT2D eigenvalue weighted by molar-refractivity contribution is 7.07. The number of carbonyl (C=O) groups is 1. The maximum Gasteiger partial charge on any atom is 0.257 e. The van der Waals surface area contributed by atoms with Crippen LogP contribution in [0.25, 0.3) is 0 Å². The predicted molar refractivity (Wildman–Crippen MR) is 90.3 cm³/mol. The van der Waals surface area contributed by atoms with Gasteiger partial charge in [0.15, 0.2) is 0 Å². The summed E-state index contributed by atoms with van der Waals surface area (Å²) in [5, 5.41) is 11.8. The number of aromatic nitrogens is 2. The molecule has 1 atom stereocenters. The van der Waals surface area contributed by atoms with Crippen molar-refractivity contribution < 1.29 is 4.79 Å². The van der Waals surface area contributed by atoms with Crippen molar-refractivity contribution >= 4 is 17.2 Å². The minimum absolute atomic E-state index is 0.115. The van der Waals surface area contributed by atoms with Crippen LogP contribution >= 0.6 is 11.3 Å². The summed E-state index contributed by atoms with van der Waals surface area (Å²) in [6.07, 6.45) is 7.00. The van der Waals surface area contributed by atoms with Crippen LogP contribution in [0.3, 0.4) is 0 Å². The van der Waals surface area contributed by atoms with Gasteiger partial charge in [-0.05, 0) is 60.2 Å². The van der Waals surface area contributed by atoms with E-state index in [1.807, 2.05) is 13.2 Å². The Bertz CT molecular complexity index is 687. The van der Waals surface area contributed by atoms with Crippen LogP contribution in [-0.2, 0) is 13.6 Å². The van der Waals surface area contributed by atoms with E-state index in [4.69, 9.17) is 0 Å². The van der Waals surface area contributed by atoms with Gasteiger partial charge in [-0.2, -0.15) is 16.4 Å². The lowest BCUT2D eigenvalue weighted by molar-refractivity contribution is 0.0692. The Labute approximate surface area is 140 Å². The number of carbonyl (C=O) groups excluding carboxylic acids is 1. The van der Waals surface area contributed by atoms with Gasteiger partial charge in [-0.25, -0.2) is 0 Å². The van der Waals surface area contributed by atoms with E-state index in [1.165, 1.54) is 18.4 Å². The molecule has 6 heteroatoms. The molecule has 0 aromatic carbocycles. The molecule has 2 fully saturated rings. The summed E-state index contributed by atoms with van der Waals surface area (Å²) >= 11 is 1.69. The second kappa shape index (κ2) is 5.76. The molecule has 4 rings (SSSR count). The lowest BCUT2D eigenvalue weighted by Gasteiger charge is -2.29. The minimum atomic E-state index is 0.115. The Morgan fingerprint density at radius 2 is 2.35 bits per heavy atom. The highest BCUT2D eigenvalue weighted by Gasteiger charge is 2.57. The second-order valence-corrected chi connectivity index (χ2v) is 7.58. The fourth-order valence-corrected chi connectivity index (χ4v) is 4.49. The summed E-state index contributed by atoms with van der Waals surface area (Å²) in [4.78, 5) is 15.1. The zero-order valence-electron chi connectivity index (χ0n) is 13.4. The second-order valence-electron chi connectivity index (χ2n) is 6.80. The van der Waals surface area contributed by atoms with Crippen LogP contribution in [0.5, 0.6) is 0 Å². The Balaban J connectivity index is 1.58. The van der Waals surface area contributed by atoms with Crippen LogP contribution in [0.2, 0.25) is 0 Å². The van der Waals surface area contributed by atoms with Crippen molar-refractivity contribution in [2.75, 3.05) is 13.1 Å².